The number of phenolic OH excluding ortho intramolecular Hbond substituents is 1. The minimum atomic E-state index is 0.214. The highest BCUT2D eigenvalue weighted by molar-refractivity contribution is 5.77. The Balaban J connectivity index is 1.74. The van der Waals surface area contributed by atoms with E-state index in [4.69, 9.17) is 0 Å². The summed E-state index contributed by atoms with van der Waals surface area (Å²) >= 11 is 0. The summed E-state index contributed by atoms with van der Waals surface area (Å²) in [4.78, 5) is 8.75. The molecule has 0 aliphatic heterocycles. The smallest absolute Gasteiger partial charge is 0.159 e. The van der Waals surface area contributed by atoms with Gasteiger partial charge in [-0.05, 0) is 48.5 Å². The summed E-state index contributed by atoms with van der Waals surface area (Å²) in [6.45, 7) is 0. The third-order valence-corrected chi connectivity index (χ3v) is 3.33. The Morgan fingerprint density at radius 1 is 0.909 bits per heavy atom. The first-order chi connectivity index (χ1) is 10.8. The molecule has 4 aromatic rings. The normalized spacial score (nSPS) is 10.9. The number of phenols is 1. The van der Waals surface area contributed by atoms with Gasteiger partial charge in [-0.25, -0.2) is 14.6 Å². The Hall–Kier alpha value is -3.28. The fourth-order valence-electron chi connectivity index (χ4n) is 2.21. The van der Waals surface area contributed by atoms with Crippen molar-refractivity contribution in [1.82, 2.24) is 25.0 Å². The first-order valence-corrected chi connectivity index (χ1v) is 6.73. The van der Waals surface area contributed by atoms with E-state index in [9.17, 15) is 5.11 Å². The van der Waals surface area contributed by atoms with Crippen molar-refractivity contribution < 1.29 is 5.11 Å². The van der Waals surface area contributed by atoms with Gasteiger partial charge in [0.2, 0.25) is 0 Å². The van der Waals surface area contributed by atoms with Crippen LogP contribution in [0.25, 0.3) is 28.1 Å². The summed E-state index contributed by atoms with van der Waals surface area (Å²) in [6, 6.07) is 14.5. The Morgan fingerprint density at radius 2 is 1.77 bits per heavy atom. The van der Waals surface area contributed by atoms with Crippen LogP contribution in [-0.4, -0.2) is 30.1 Å². The third-order valence-electron chi connectivity index (χ3n) is 3.33. The topological polar surface area (TPSA) is 76.7 Å². The van der Waals surface area contributed by atoms with Crippen molar-refractivity contribution in [2.75, 3.05) is 0 Å². The molecule has 0 bridgehead atoms. The number of nitrogens with zero attached hydrogens (tertiary/aromatic N) is 5. The van der Waals surface area contributed by atoms with Crippen LogP contribution in [0.5, 0.6) is 5.75 Å². The van der Waals surface area contributed by atoms with Gasteiger partial charge in [0.15, 0.2) is 5.65 Å². The molecule has 0 amide bonds. The van der Waals surface area contributed by atoms with Gasteiger partial charge in [-0.2, -0.15) is 0 Å². The Bertz CT molecular complexity index is 946. The molecule has 6 nitrogen and oxygen atoms in total. The van der Waals surface area contributed by atoms with Crippen LogP contribution in [0.2, 0.25) is 0 Å². The van der Waals surface area contributed by atoms with E-state index in [2.05, 4.69) is 20.3 Å². The van der Waals surface area contributed by atoms with Gasteiger partial charge < -0.3 is 5.11 Å². The molecule has 0 saturated heterocycles. The second kappa shape index (κ2) is 4.92. The molecule has 106 valence electrons. The summed E-state index contributed by atoms with van der Waals surface area (Å²) in [5.41, 5.74) is 2.88. The molecule has 6 heteroatoms. The minimum Gasteiger partial charge on any atom is -0.508 e. The monoisotopic (exact) mass is 289 g/mol. The molecule has 0 spiro atoms. The highest BCUT2D eigenvalue weighted by atomic mass is 16.3. The van der Waals surface area contributed by atoms with E-state index in [-0.39, 0.29) is 5.75 Å². The lowest BCUT2D eigenvalue weighted by Gasteiger charge is -2.00. The molecule has 0 aliphatic carbocycles. The molecular formula is C16H11N5O. The van der Waals surface area contributed by atoms with Crippen LogP contribution < -0.4 is 0 Å². The van der Waals surface area contributed by atoms with Crippen molar-refractivity contribution in [3.05, 3.63) is 60.9 Å². The predicted octanol–water partition coefficient (Wildman–Crippen LogP) is 2.58. The molecule has 22 heavy (non-hydrogen) atoms. The molecule has 3 heterocycles. The second-order valence-corrected chi connectivity index (χ2v) is 4.81. The number of benzene rings is 1. The zero-order chi connectivity index (χ0) is 14.9. The molecule has 0 atom stereocenters. The minimum absolute atomic E-state index is 0.214. The molecule has 3 aromatic heterocycles. The first kappa shape index (κ1) is 12.5. The van der Waals surface area contributed by atoms with Gasteiger partial charge >= 0.3 is 0 Å². The Labute approximate surface area is 125 Å². The zero-order valence-electron chi connectivity index (χ0n) is 11.5. The number of aromatic hydroxyl groups is 1. The first-order valence-electron chi connectivity index (χ1n) is 6.73. The molecule has 0 unspecified atom stereocenters. The standard InChI is InChI=1S/C16H11N5O/c22-13-6-4-12(5-7-13)21-10-15(19-20-21)14-8-3-11-2-1-9-17-16(11)18-14/h1-10,22H. The lowest BCUT2D eigenvalue weighted by Crippen LogP contribution is -1.93. The van der Waals surface area contributed by atoms with Gasteiger partial charge in [-0.15, -0.1) is 5.10 Å². The number of fused-ring (bicyclic) bond motifs is 1. The maximum absolute atomic E-state index is 9.33. The van der Waals surface area contributed by atoms with Crippen LogP contribution in [0.4, 0.5) is 0 Å². The van der Waals surface area contributed by atoms with Gasteiger partial charge in [0.1, 0.15) is 11.4 Å². The van der Waals surface area contributed by atoms with Crippen LogP contribution in [-0.2, 0) is 0 Å². The van der Waals surface area contributed by atoms with Crippen molar-refractivity contribution in [2.45, 2.75) is 0 Å². The maximum Gasteiger partial charge on any atom is 0.159 e. The highest BCUT2D eigenvalue weighted by Crippen LogP contribution is 2.19. The third kappa shape index (κ3) is 2.16. The maximum atomic E-state index is 9.33. The molecular weight excluding hydrogens is 278 g/mol. The zero-order valence-corrected chi connectivity index (χ0v) is 11.5. The molecule has 0 aliphatic rings. The fourth-order valence-corrected chi connectivity index (χ4v) is 2.21. The second-order valence-electron chi connectivity index (χ2n) is 4.81. The number of hydrogen-bond acceptors (Lipinski definition) is 5. The molecule has 4 rings (SSSR count). The van der Waals surface area contributed by atoms with E-state index in [1.165, 1.54) is 0 Å². The van der Waals surface area contributed by atoms with Gasteiger partial charge in [-0.1, -0.05) is 5.21 Å². The van der Waals surface area contributed by atoms with Gasteiger partial charge in [0.25, 0.3) is 0 Å². The number of aromatic nitrogens is 5. The van der Waals surface area contributed by atoms with Crippen molar-refractivity contribution in [2.24, 2.45) is 0 Å². The van der Waals surface area contributed by atoms with Crippen molar-refractivity contribution in [3.8, 4) is 22.8 Å². The SMILES string of the molecule is Oc1ccc(-n2cc(-c3ccc4cccnc4n3)nn2)cc1. The fraction of sp³-hybridized carbons (Fsp3) is 0. The number of hydrogen-bond donors (Lipinski definition) is 1. The van der Waals surface area contributed by atoms with Gasteiger partial charge in [0, 0.05) is 11.6 Å². The lowest BCUT2D eigenvalue weighted by molar-refractivity contribution is 0.475. The average Bonchev–Trinajstić information content (AvgIpc) is 3.05. The molecule has 0 saturated carbocycles. The average molecular weight is 289 g/mol. The van der Waals surface area contributed by atoms with Crippen LogP contribution in [0.3, 0.4) is 0 Å². The largest absolute Gasteiger partial charge is 0.508 e. The Kier molecular flexibility index (Phi) is 2.79. The summed E-state index contributed by atoms with van der Waals surface area (Å²) in [5.74, 6) is 0.214. The summed E-state index contributed by atoms with van der Waals surface area (Å²) in [7, 11) is 0. The van der Waals surface area contributed by atoms with E-state index in [1.807, 2.05) is 24.3 Å². The van der Waals surface area contributed by atoms with Crippen molar-refractivity contribution >= 4 is 11.0 Å². The summed E-state index contributed by atoms with van der Waals surface area (Å²) in [5, 5.41) is 18.6. The lowest BCUT2D eigenvalue weighted by atomic mass is 10.2. The predicted molar refractivity (Wildman–Crippen MR) is 81.6 cm³/mol. The highest BCUT2D eigenvalue weighted by Gasteiger charge is 2.08. The van der Waals surface area contributed by atoms with Crippen molar-refractivity contribution in [3.63, 3.8) is 0 Å². The van der Waals surface area contributed by atoms with Crippen LogP contribution >= 0.6 is 0 Å². The molecule has 0 radical (unpaired) electrons. The van der Waals surface area contributed by atoms with E-state index >= 15 is 0 Å². The van der Waals surface area contributed by atoms with E-state index in [1.54, 1.807) is 41.3 Å². The van der Waals surface area contributed by atoms with Gasteiger partial charge in [-0.3, -0.25) is 0 Å². The van der Waals surface area contributed by atoms with E-state index < -0.39 is 0 Å². The number of pyridine rings is 2. The van der Waals surface area contributed by atoms with E-state index in [0.29, 0.717) is 11.3 Å². The molecule has 0 fully saturated rings. The quantitative estimate of drug-likeness (QED) is 0.613. The van der Waals surface area contributed by atoms with Gasteiger partial charge in [0.05, 0.1) is 17.6 Å². The van der Waals surface area contributed by atoms with Crippen LogP contribution in [0, 0.1) is 0 Å². The van der Waals surface area contributed by atoms with Crippen molar-refractivity contribution in [1.29, 1.82) is 0 Å². The van der Waals surface area contributed by atoms with Crippen LogP contribution in [0.15, 0.2) is 60.9 Å². The summed E-state index contributed by atoms with van der Waals surface area (Å²) < 4.78 is 1.64. The molecule has 1 N–H and O–H groups in total. The summed E-state index contributed by atoms with van der Waals surface area (Å²) in [6.07, 6.45) is 3.51. The molecule has 1 aromatic carbocycles. The van der Waals surface area contributed by atoms with E-state index in [0.717, 1.165) is 16.8 Å². The number of rotatable bonds is 2. The van der Waals surface area contributed by atoms with Crippen LogP contribution in [0.1, 0.15) is 0 Å². The Morgan fingerprint density at radius 3 is 2.64 bits per heavy atom.